The van der Waals surface area contributed by atoms with Crippen LogP contribution in [0.25, 0.3) is 0 Å². The summed E-state index contributed by atoms with van der Waals surface area (Å²) in [5, 5.41) is 0. The Kier molecular flexibility index (Phi) is 18.1. The molecule has 0 atom stereocenters. The molecule has 0 aromatic heterocycles. The summed E-state index contributed by atoms with van der Waals surface area (Å²) in [7, 11) is 0. The molecule has 0 N–H and O–H groups in total. The van der Waals surface area contributed by atoms with Crippen molar-refractivity contribution in [2.45, 2.75) is 84.3 Å². The topological polar surface area (TPSA) is 18.5 Å². The minimum Gasteiger partial charge on any atom is -0.353 e. The van der Waals surface area contributed by atoms with E-state index >= 15 is 0 Å². The van der Waals surface area contributed by atoms with Gasteiger partial charge in [-0.1, -0.05) is 63.0 Å². The van der Waals surface area contributed by atoms with Crippen molar-refractivity contribution in [3.63, 3.8) is 0 Å². The standard InChI is InChI=1S/C21H36O2/c1-4-7-8-9-10-11-12-13-14-15-16-17-18-19-20-21(22-5-2)23-6-3/h4,9-10,21H,1,5-6,11-20H2,2-3H3/b10-9+. The Bertz CT molecular complexity index is 329. The maximum absolute atomic E-state index is 5.55. The highest BCUT2D eigenvalue weighted by atomic mass is 16.7. The molecule has 0 aliphatic carbocycles. The van der Waals surface area contributed by atoms with E-state index in [1.165, 1.54) is 51.4 Å². The Hall–Kier alpha value is -1.04. The second kappa shape index (κ2) is 19.0. The van der Waals surface area contributed by atoms with E-state index in [1.54, 1.807) is 6.08 Å². The molecular weight excluding hydrogens is 284 g/mol. The number of ether oxygens (including phenoxy) is 2. The fourth-order valence-corrected chi connectivity index (χ4v) is 2.47. The molecule has 0 aromatic carbocycles. The highest BCUT2D eigenvalue weighted by Crippen LogP contribution is 2.13. The molecule has 0 bridgehead atoms. The van der Waals surface area contributed by atoms with Crippen LogP contribution in [0, 0.1) is 11.8 Å². The van der Waals surface area contributed by atoms with Crippen LogP contribution in [0.4, 0.5) is 0 Å². The minimum absolute atomic E-state index is 0.00854. The van der Waals surface area contributed by atoms with Gasteiger partial charge in [0.1, 0.15) is 0 Å². The summed E-state index contributed by atoms with van der Waals surface area (Å²) in [6.07, 6.45) is 18.4. The Labute approximate surface area is 144 Å². The van der Waals surface area contributed by atoms with Crippen LogP contribution in [0.5, 0.6) is 0 Å². The Morgan fingerprint density at radius 3 is 1.96 bits per heavy atom. The van der Waals surface area contributed by atoms with Gasteiger partial charge < -0.3 is 9.47 Å². The van der Waals surface area contributed by atoms with Crippen molar-refractivity contribution in [2.24, 2.45) is 0 Å². The van der Waals surface area contributed by atoms with Gasteiger partial charge in [0.15, 0.2) is 6.29 Å². The fourth-order valence-electron chi connectivity index (χ4n) is 2.47. The van der Waals surface area contributed by atoms with Gasteiger partial charge in [-0.05, 0) is 51.7 Å². The molecule has 0 unspecified atom stereocenters. The van der Waals surface area contributed by atoms with Crippen LogP contribution in [-0.4, -0.2) is 19.5 Å². The smallest absolute Gasteiger partial charge is 0.157 e. The molecule has 0 amide bonds. The van der Waals surface area contributed by atoms with Crippen molar-refractivity contribution in [3.05, 3.63) is 24.8 Å². The summed E-state index contributed by atoms with van der Waals surface area (Å²) in [6, 6.07) is 0. The lowest BCUT2D eigenvalue weighted by atomic mass is 10.1. The number of unbranched alkanes of at least 4 members (excludes halogenated alkanes) is 8. The first kappa shape index (κ1) is 22.0. The molecule has 2 heteroatoms. The van der Waals surface area contributed by atoms with E-state index < -0.39 is 0 Å². The molecule has 0 aromatic rings. The van der Waals surface area contributed by atoms with Gasteiger partial charge in [0.25, 0.3) is 0 Å². The normalized spacial score (nSPS) is 10.9. The van der Waals surface area contributed by atoms with Gasteiger partial charge in [0.2, 0.25) is 0 Å². The van der Waals surface area contributed by atoms with Gasteiger partial charge in [0, 0.05) is 13.2 Å². The van der Waals surface area contributed by atoms with Crippen molar-refractivity contribution in [1.82, 2.24) is 0 Å². The molecule has 0 heterocycles. The second-order valence-electron chi connectivity index (χ2n) is 5.64. The highest BCUT2D eigenvalue weighted by molar-refractivity contribution is 5.21. The van der Waals surface area contributed by atoms with Crippen LogP contribution in [0.2, 0.25) is 0 Å². The van der Waals surface area contributed by atoms with Crippen molar-refractivity contribution in [1.29, 1.82) is 0 Å². The van der Waals surface area contributed by atoms with Crippen LogP contribution in [0.3, 0.4) is 0 Å². The first-order chi connectivity index (χ1) is 11.3. The molecule has 0 aliphatic heterocycles. The SMILES string of the molecule is C=CC#C/C=C/CCCCCCCCCCC(OCC)OCC. The zero-order valence-electron chi connectivity index (χ0n) is 15.3. The molecule has 0 fully saturated rings. The third-order valence-electron chi connectivity index (χ3n) is 3.65. The van der Waals surface area contributed by atoms with E-state index in [0.29, 0.717) is 0 Å². The van der Waals surface area contributed by atoms with Gasteiger partial charge in [-0.3, -0.25) is 0 Å². The third kappa shape index (κ3) is 17.2. The number of rotatable bonds is 15. The predicted octanol–water partition coefficient (Wildman–Crippen LogP) is 6.03. The molecule has 0 saturated carbocycles. The quantitative estimate of drug-likeness (QED) is 0.208. The average molecular weight is 321 g/mol. The van der Waals surface area contributed by atoms with E-state index in [0.717, 1.165) is 26.1 Å². The molecule has 0 spiro atoms. The Morgan fingerprint density at radius 1 is 0.826 bits per heavy atom. The van der Waals surface area contributed by atoms with E-state index in [1.807, 2.05) is 19.9 Å². The molecule has 132 valence electrons. The van der Waals surface area contributed by atoms with Gasteiger partial charge >= 0.3 is 0 Å². The zero-order valence-corrected chi connectivity index (χ0v) is 15.3. The van der Waals surface area contributed by atoms with Crippen LogP contribution >= 0.6 is 0 Å². The van der Waals surface area contributed by atoms with Crippen molar-refractivity contribution >= 4 is 0 Å². The van der Waals surface area contributed by atoms with Crippen molar-refractivity contribution < 1.29 is 9.47 Å². The van der Waals surface area contributed by atoms with Crippen LogP contribution in [0.15, 0.2) is 24.8 Å². The summed E-state index contributed by atoms with van der Waals surface area (Å²) < 4.78 is 11.1. The van der Waals surface area contributed by atoms with Gasteiger partial charge in [0.05, 0.1) is 0 Å². The highest BCUT2D eigenvalue weighted by Gasteiger charge is 2.06. The molecule has 23 heavy (non-hydrogen) atoms. The van der Waals surface area contributed by atoms with Crippen LogP contribution in [-0.2, 0) is 9.47 Å². The van der Waals surface area contributed by atoms with Gasteiger partial charge in [-0.25, -0.2) is 0 Å². The second-order valence-corrected chi connectivity index (χ2v) is 5.64. The number of hydrogen-bond donors (Lipinski definition) is 0. The lowest BCUT2D eigenvalue weighted by Gasteiger charge is -2.16. The fraction of sp³-hybridized carbons (Fsp3) is 0.714. The van der Waals surface area contributed by atoms with E-state index in [4.69, 9.17) is 9.47 Å². The lowest BCUT2D eigenvalue weighted by Crippen LogP contribution is -2.17. The van der Waals surface area contributed by atoms with Gasteiger partial charge in [-0.2, -0.15) is 0 Å². The summed E-state index contributed by atoms with van der Waals surface area (Å²) in [4.78, 5) is 0. The molecule has 2 nitrogen and oxygen atoms in total. The molecule has 0 aliphatic rings. The average Bonchev–Trinajstić information content (AvgIpc) is 2.55. The minimum atomic E-state index is 0.00854. The predicted molar refractivity (Wildman–Crippen MR) is 100 cm³/mol. The lowest BCUT2D eigenvalue weighted by molar-refractivity contribution is -0.140. The molecular formula is C21H36O2. The summed E-state index contributed by atoms with van der Waals surface area (Å²) >= 11 is 0. The largest absolute Gasteiger partial charge is 0.353 e. The van der Waals surface area contributed by atoms with E-state index in [-0.39, 0.29) is 6.29 Å². The van der Waals surface area contributed by atoms with Crippen LogP contribution < -0.4 is 0 Å². The number of allylic oxidation sites excluding steroid dienone is 3. The molecule has 0 radical (unpaired) electrons. The third-order valence-corrected chi connectivity index (χ3v) is 3.65. The Balaban J connectivity index is 3.29. The first-order valence-electron chi connectivity index (χ1n) is 9.35. The van der Waals surface area contributed by atoms with Crippen LogP contribution in [0.1, 0.15) is 78.1 Å². The molecule has 0 saturated heterocycles. The number of hydrogen-bond acceptors (Lipinski definition) is 2. The molecule has 0 rings (SSSR count). The first-order valence-corrected chi connectivity index (χ1v) is 9.35. The van der Waals surface area contributed by atoms with Gasteiger partial charge in [-0.15, -0.1) is 0 Å². The summed E-state index contributed by atoms with van der Waals surface area (Å²) in [5.74, 6) is 5.74. The Morgan fingerprint density at radius 2 is 1.39 bits per heavy atom. The zero-order chi connectivity index (χ0) is 17.0. The maximum Gasteiger partial charge on any atom is 0.157 e. The monoisotopic (exact) mass is 320 g/mol. The van der Waals surface area contributed by atoms with Crippen molar-refractivity contribution in [2.75, 3.05) is 13.2 Å². The van der Waals surface area contributed by atoms with E-state index in [2.05, 4.69) is 24.5 Å². The van der Waals surface area contributed by atoms with E-state index in [9.17, 15) is 0 Å². The summed E-state index contributed by atoms with van der Waals surface area (Å²) in [5.41, 5.74) is 0. The summed E-state index contributed by atoms with van der Waals surface area (Å²) in [6.45, 7) is 9.08. The maximum atomic E-state index is 5.55. The van der Waals surface area contributed by atoms with Crippen molar-refractivity contribution in [3.8, 4) is 11.8 Å².